The van der Waals surface area contributed by atoms with Crippen molar-refractivity contribution in [3.8, 4) is 5.75 Å². The Hall–Kier alpha value is -3.39. The van der Waals surface area contributed by atoms with Crippen molar-refractivity contribution in [1.29, 1.82) is 0 Å². The Labute approximate surface area is 194 Å². The second-order valence-corrected chi connectivity index (χ2v) is 10.0. The largest absolute Gasteiger partial charge is 0.493 e. The lowest BCUT2D eigenvalue weighted by molar-refractivity contribution is 0.0785. The standard InChI is InChI=1S/C25H28N2O5S/c1-19-8-4-9-20(16-19)18-27-14-6-12-23(25(27)29)24(28)26(2)13-7-15-32-21-10-5-11-22(17-21)33(3,30)31/h4-6,8-12,14,16-17H,7,13,15,18H2,1-3H3. The number of hydrogen-bond donors (Lipinski definition) is 0. The van der Waals surface area contributed by atoms with E-state index in [1.807, 2.05) is 31.2 Å². The van der Waals surface area contributed by atoms with E-state index in [1.54, 1.807) is 37.5 Å². The molecular weight excluding hydrogens is 440 g/mol. The highest BCUT2D eigenvalue weighted by atomic mass is 32.2. The lowest BCUT2D eigenvalue weighted by atomic mass is 10.1. The molecule has 0 saturated heterocycles. The molecule has 33 heavy (non-hydrogen) atoms. The molecule has 1 heterocycles. The Morgan fingerprint density at radius 1 is 1.06 bits per heavy atom. The van der Waals surface area contributed by atoms with E-state index in [-0.39, 0.29) is 21.9 Å². The molecule has 0 spiro atoms. The van der Waals surface area contributed by atoms with Crippen molar-refractivity contribution < 1.29 is 17.9 Å². The minimum Gasteiger partial charge on any atom is -0.493 e. The first kappa shape index (κ1) is 24.3. The summed E-state index contributed by atoms with van der Waals surface area (Å²) in [5.74, 6) is 0.103. The number of carbonyl (C=O) groups excluding carboxylic acids is 1. The van der Waals surface area contributed by atoms with Crippen LogP contribution in [0, 0.1) is 6.92 Å². The van der Waals surface area contributed by atoms with Crippen LogP contribution in [0.1, 0.15) is 27.9 Å². The lowest BCUT2D eigenvalue weighted by Gasteiger charge is -2.18. The molecule has 0 aliphatic rings. The topological polar surface area (TPSA) is 85.7 Å². The smallest absolute Gasteiger partial charge is 0.263 e. The molecule has 1 amide bonds. The van der Waals surface area contributed by atoms with Crippen molar-refractivity contribution in [2.45, 2.75) is 24.8 Å². The van der Waals surface area contributed by atoms with Crippen LogP contribution in [0.2, 0.25) is 0 Å². The number of carbonyl (C=O) groups is 1. The molecule has 0 aliphatic carbocycles. The second kappa shape index (κ2) is 10.5. The zero-order chi connectivity index (χ0) is 24.0. The third kappa shape index (κ3) is 6.55. The molecule has 174 valence electrons. The molecule has 2 aromatic carbocycles. The van der Waals surface area contributed by atoms with Crippen molar-refractivity contribution in [3.63, 3.8) is 0 Å². The van der Waals surface area contributed by atoms with E-state index in [2.05, 4.69) is 0 Å². The van der Waals surface area contributed by atoms with Crippen LogP contribution in [0.4, 0.5) is 0 Å². The fraction of sp³-hybridized carbons (Fsp3) is 0.280. The van der Waals surface area contributed by atoms with Crippen LogP contribution in [0.15, 0.2) is 76.6 Å². The summed E-state index contributed by atoms with van der Waals surface area (Å²) >= 11 is 0. The number of pyridine rings is 1. The average molecular weight is 469 g/mol. The summed E-state index contributed by atoms with van der Waals surface area (Å²) in [6.07, 6.45) is 3.35. The van der Waals surface area contributed by atoms with E-state index in [4.69, 9.17) is 4.74 Å². The van der Waals surface area contributed by atoms with Crippen molar-refractivity contribution in [2.75, 3.05) is 26.5 Å². The maximum absolute atomic E-state index is 12.9. The minimum absolute atomic E-state index is 0.120. The Bertz CT molecular complexity index is 1300. The SMILES string of the molecule is Cc1cccc(Cn2cccc(C(=O)N(C)CCCOc3cccc(S(C)(=O)=O)c3)c2=O)c1. The third-order valence-corrected chi connectivity index (χ3v) is 6.28. The number of ether oxygens (including phenoxy) is 1. The van der Waals surface area contributed by atoms with Crippen LogP contribution in [-0.4, -0.2) is 50.2 Å². The van der Waals surface area contributed by atoms with Gasteiger partial charge >= 0.3 is 0 Å². The highest BCUT2D eigenvalue weighted by Crippen LogP contribution is 2.17. The molecule has 0 bridgehead atoms. The van der Waals surface area contributed by atoms with Gasteiger partial charge < -0.3 is 14.2 Å². The van der Waals surface area contributed by atoms with Gasteiger partial charge in [-0.15, -0.1) is 0 Å². The fourth-order valence-electron chi connectivity index (χ4n) is 3.42. The van der Waals surface area contributed by atoms with Gasteiger partial charge in [0, 0.05) is 26.0 Å². The molecule has 0 saturated carbocycles. The van der Waals surface area contributed by atoms with Crippen molar-refractivity contribution in [2.24, 2.45) is 0 Å². The Balaban J connectivity index is 1.58. The quantitative estimate of drug-likeness (QED) is 0.451. The first-order chi connectivity index (χ1) is 15.6. The third-order valence-electron chi connectivity index (χ3n) is 5.17. The van der Waals surface area contributed by atoms with Gasteiger partial charge in [-0.1, -0.05) is 35.9 Å². The van der Waals surface area contributed by atoms with Gasteiger partial charge in [0.2, 0.25) is 0 Å². The van der Waals surface area contributed by atoms with Gasteiger partial charge in [0.1, 0.15) is 11.3 Å². The molecule has 0 atom stereocenters. The summed E-state index contributed by atoms with van der Waals surface area (Å²) in [6.45, 7) is 3.08. The molecule has 0 N–H and O–H groups in total. The fourth-order valence-corrected chi connectivity index (χ4v) is 4.08. The van der Waals surface area contributed by atoms with Crippen LogP contribution in [-0.2, 0) is 16.4 Å². The summed E-state index contributed by atoms with van der Waals surface area (Å²) in [5.41, 5.74) is 1.89. The molecule has 0 fully saturated rings. The number of aryl methyl sites for hydroxylation is 1. The minimum atomic E-state index is -3.31. The lowest BCUT2D eigenvalue weighted by Crippen LogP contribution is -2.35. The number of amides is 1. The van der Waals surface area contributed by atoms with Gasteiger partial charge in [-0.2, -0.15) is 0 Å². The first-order valence-electron chi connectivity index (χ1n) is 10.6. The monoisotopic (exact) mass is 468 g/mol. The molecule has 0 radical (unpaired) electrons. The maximum atomic E-state index is 12.9. The van der Waals surface area contributed by atoms with Gasteiger partial charge in [-0.05, 0) is 49.2 Å². The number of sulfone groups is 1. The van der Waals surface area contributed by atoms with Gasteiger partial charge in [-0.25, -0.2) is 8.42 Å². The number of hydrogen-bond acceptors (Lipinski definition) is 5. The molecule has 0 unspecified atom stereocenters. The van der Waals surface area contributed by atoms with Gasteiger partial charge in [0.05, 0.1) is 18.0 Å². The number of aromatic nitrogens is 1. The summed E-state index contributed by atoms with van der Waals surface area (Å²) in [7, 11) is -1.66. The summed E-state index contributed by atoms with van der Waals surface area (Å²) < 4.78 is 30.5. The number of rotatable bonds is 9. The predicted octanol–water partition coefficient (Wildman–Crippen LogP) is 3.15. The maximum Gasteiger partial charge on any atom is 0.263 e. The summed E-state index contributed by atoms with van der Waals surface area (Å²) in [6, 6.07) is 17.4. The van der Waals surface area contributed by atoms with Crippen LogP contribution in [0.3, 0.4) is 0 Å². The van der Waals surface area contributed by atoms with Gasteiger partial charge in [0.15, 0.2) is 9.84 Å². The van der Waals surface area contributed by atoms with E-state index in [1.165, 1.54) is 21.6 Å². The zero-order valence-corrected chi connectivity index (χ0v) is 19.8. The molecule has 3 aromatic rings. The Morgan fingerprint density at radius 2 is 1.82 bits per heavy atom. The van der Waals surface area contributed by atoms with E-state index >= 15 is 0 Å². The molecule has 3 rings (SSSR count). The zero-order valence-electron chi connectivity index (χ0n) is 19.0. The highest BCUT2D eigenvalue weighted by molar-refractivity contribution is 7.90. The summed E-state index contributed by atoms with van der Waals surface area (Å²) in [4.78, 5) is 27.4. The van der Waals surface area contributed by atoms with Gasteiger partial charge in [-0.3, -0.25) is 9.59 Å². The normalized spacial score (nSPS) is 11.2. The second-order valence-electron chi connectivity index (χ2n) is 8.02. The van der Waals surface area contributed by atoms with E-state index in [9.17, 15) is 18.0 Å². The van der Waals surface area contributed by atoms with E-state index in [0.717, 1.165) is 17.4 Å². The van der Waals surface area contributed by atoms with Crippen LogP contribution in [0.25, 0.3) is 0 Å². The van der Waals surface area contributed by atoms with Crippen LogP contribution >= 0.6 is 0 Å². The molecule has 7 nitrogen and oxygen atoms in total. The van der Waals surface area contributed by atoms with Crippen molar-refractivity contribution >= 4 is 15.7 Å². The Kier molecular flexibility index (Phi) is 7.71. The van der Waals surface area contributed by atoms with Crippen molar-refractivity contribution in [3.05, 3.63) is 93.9 Å². The van der Waals surface area contributed by atoms with Gasteiger partial charge in [0.25, 0.3) is 11.5 Å². The average Bonchev–Trinajstić information content (AvgIpc) is 2.77. The number of nitrogens with zero attached hydrogens (tertiary/aromatic N) is 2. The van der Waals surface area contributed by atoms with Crippen LogP contribution in [0.5, 0.6) is 5.75 Å². The number of benzene rings is 2. The molecule has 8 heteroatoms. The molecule has 0 aliphatic heterocycles. The van der Waals surface area contributed by atoms with Crippen molar-refractivity contribution in [1.82, 2.24) is 9.47 Å². The first-order valence-corrected chi connectivity index (χ1v) is 12.5. The molecular formula is C25H28N2O5S. The van der Waals surface area contributed by atoms with Crippen LogP contribution < -0.4 is 10.3 Å². The van der Waals surface area contributed by atoms with E-state index < -0.39 is 9.84 Å². The predicted molar refractivity (Wildman–Crippen MR) is 128 cm³/mol. The Morgan fingerprint density at radius 3 is 2.55 bits per heavy atom. The highest BCUT2D eigenvalue weighted by Gasteiger charge is 2.16. The summed E-state index contributed by atoms with van der Waals surface area (Å²) in [5, 5.41) is 0. The molecule has 1 aromatic heterocycles. The van der Waals surface area contributed by atoms with E-state index in [0.29, 0.717) is 31.9 Å².